The number of carbonyl (C=O) groups excluding carboxylic acids is 1. The molecule has 5 atom stereocenters. The molecule has 0 aromatic rings. The number of ether oxygens (including phenoxy) is 1. The van der Waals surface area contributed by atoms with E-state index in [1.807, 2.05) is 0 Å². The Balaban J connectivity index is 2.70. The summed E-state index contributed by atoms with van der Waals surface area (Å²) in [5, 5.41) is 39.4. The molecular weight excluding hydrogens is 206 g/mol. The Kier molecular flexibility index (Phi) is 4.00. The van der Waals surface area contributed by atoms with Crippen molar-refractivity contribution in [2.75, 3.05) is 6.61 Å². The summed E-state index contributed by atoms with van der Waals surface area (Å²) in [7, 11) is 0. The van der Waals surface area contributed by atoms with Crippen molar-refractivity contribution < 1.29 is 30.0 Å². The lowest BCUT2D eigenvalue weighted by Gasteiger charge is -2.40. The Labute approximate surface area is 86.3 Å². The Morgan fingerprint density at radius 2 is 1.93 bits per heavy atom. The van der Waals surface area contributed by atoms with E-state index in [1.54, 1.807) is 0 Å². The number of carbonyl (C=O) groups is 1. The SMILES string of the molecule is CC(=O)N[C@H]1[C@@H](O)[C@@H](O)[C@H](CO)O[C@@H]1O. The molecule has 1 rings (SSSR count). The summed E-state index contributed by atoms with van der Waals surface area (Å²) < 4.78 is 4.81. The van der Waals surface area contributed by atoms with Crippen molar-refractivity contribution in [1.82, 2.24) is 5.32 Å². The van der Waals surface area contributed by atoms with Gasteiger partial charge in [-0.15, -0.1) is 0 Å². The molecule has 1 amide bonds. The molecule has 7 heteroatoms. The molecule has 0 aromatic carbocycles. The molecule has 88 valence electrons. The lowest BCUT2D eigenvalue weighted by atomic mass is 9.97. The highest BCUT2D eigenvalue weighted by molar-refractivity contribution is 5.73. The fourth-order valence-corrected chi connectivity index (χ4v) is 1.49. The molecule has 0 unspecified atom stereocenters. The highest BCUT2D eigenvalue weighted by Gasteiger charge is 2.43. The molecule has 1 aliphatic heterocycles. The molecule has 0 saturated carbocycles. The largest absolute Gasteiger partial charge is 0.394 e. The van der Waals surface area contributed by atoms with Crippen LogP contribution >= 0.6 is 0 Å². The molecule has 1 fully saturated rings. The van der Waals surface area contributed by atoms with Gasteiger partial charge in [-0.2, -0.15) is 0 Å². The fourth-order valence-electron chi connectivity index (χ4n) is 1.49. The zero-order chi connectivity index (χ0) is 11.6. The Morgan fingerprint density at radius 3 is 2.40 bits per heavy atom. The molecule has 0 aliphatic carbocycles. The van der Waals surface area contributed by atoms with Crippen molar-refractivity contribution in [1.29, 1.82) is 0 Å². The van der Waals surface area contributed by atoms with Crippen LogP contribution in [0.25, 0.3) is 0 Å². The normalized spacial score (nSPS) is 41.3. The molecule has 0 aromatic heterocycles. The van der Waals surface area contributed by atoms with Gasteiger partial charge in [0.2, 0.25) is 5.91 Å². The average Bonchev–Trinajstić information content (AvgIpc) is 2.18. The molecule has 1 saturated heterocycles. The molecular formula is C8H15NO6. The maximum Gasteiger partial charge on any atom is 0.217 e. The van der Waals surface area contributed by atoms with Crippen molar-refractivity contribution in [3.63, 3.8) is 0 Å². The van der Waals surface area contributed by atoms with Crippen LogP contribution < -0.4 is 5.32 Å². The minimum atomic E-state index is -1.45. The Hall–Kier alpha value is -0.730. The highest BCUT2D eigenvalue weighted by Crippen LogP contribution is 2.19. The number of hydrogen-bond donors (Lipinski definition) is 5. The van der Waals surface area contributed by atoms with E-state index in [1.165, 1.54) is 6.92 Å². The maximum atomic E-state index is 10.7. The van der Waals surface area contributed by atoms with Gasteiger partial charge in [0.15, 0.2) is 6.29 Å². The van der Waals surface area contributed by atoms with Gasteiger partial charge < -0.3 is 30.5 Å². The van der Waals surface area contributed by atoms with Crippen LogP contribution in [0.15, 0.2) is 0 Å². The lowest BCUT2D eigenvalue weighted by Crippen LogP contribution is -2.63. The van der Waals surface area contributed by atoms with E-state index in [9.17, 15) is 20.1 Å². The zero-order valence-corrected chi connectivity index (χ0v) is 8.20. The summed E-state index contributed by atoms with van der Waals surface area (Å²) in [6.07, 6.45) is -5.24. The van der Waals surface area contributed by atoms with Crippen molar-refractivity contribution in [2.24, 2.45) is 0 Å². The second-order valence-corrected chi connectivity index (χ2v) is 3.46. The van der Waals surface area contributed by atoms with Gasteiger partial charge in [0, 0.05) is 6.92 Å². The second-order valence-electron chi connectivity index (χ2n) is 3.46. The molecule has 1 heterocycles. The number of aliphatic hydroxyl groups is 4. The number of amides is 1. The Morgan fingerprint density at radius 1 is 1.33 bits per heavy atom. The van der Waals surface area contributed by atoms with Crippen LogP contribution in [0.1, 0.15) is 6.92 Å². The minimum absolute atomic E-state index is 0.462. The summed E-state index contributed by atoms with van der Waals surface area (Å²) in [4.78, 5) is 10.7. The first-order valence-electron chi connectivity index (χ1n) is 4.55. The van der Waals surface area contributed by atoms with Gasteiger partial charge in [-0.1, -0.05) is 0 Å². The van der Waals surface area contributed by atoms with E-state index in [-0.39, 0.29) is 0 Å². The summed E-state index contributed by atoms with van der Waals surface area (Å²) in [5.74, 6) is -0.462. The second kappa shape index (κ2) is 4.86. The summed E-state index contributed by atoms with van der Waals surface area (Å²) >= 11 is 0. The molecule has 7 nitrogen and oxygen atoms in total. The van der Waals surface area contributed by atoms with Crippen molar-refractivity contribution >= 4 is 5.91 Å². The lowest BCUT2D eigenvalue weighted by molar-refractivity contribution is -0.253. The van der Waals surface area contributed by atoms with Crippen molar-refractivity contribution in [3.05, 3.63) is 0 Å². The first kappa shape index (κ1) is 12.3. The van der Waals surface area contributed by atoms with E-state index in [4.69, 9.17) is 9.84 Å². The first-order valence-corrected chi connectivity index (χ1v) is 4.55. The van der Waals surface area contributed by atoms with Crippen molar-refractivity contribution in [3.8, 4) is 0 Å². The van der Waals surface area contributed by atoms with Crippen LogP contribution in [0.2, 0.25) is 0 Å². The topological polar surface area (TPSA) is 119 Å². The summed E-state index contributed by atoms with van der Waals surface area (Å²) in [5.41, 5.74) is 0. The smallest absolute Gasteiger partial charge is 0.217 e. The van der Waals surface area contributed by atoms with Crippen LogP contribution in [0.4, 0.5) is 0 Å². The van der Waals surface area contributed by atoms with E-state index in [0.29, 0.717) is 0 Å². The standard InChI is InChI=1S/C8H15NO6/c1-3(11)9-5-7(13)6(12)4(2-10)15-8(5)14/h4-8,10,12-14H,2H2,1H3,(H,9,11)/t4-,5-,6-,7+,8-/m0/s1. The molecule has 0 spiro atoms. The fraction of sp³-hybridized carbons (Fsp3) is 0.875. The average molecular weight is 221 g/mol. The third-order valence-electron chi connectivity index (χ3n) is 2.27. The predicted octanol–water partition coefficient (Wildman–Crippen LogP) is -3.08. The van der Waals surface area contributed by atoms with E-state index in [2.05, 4.69) is 5.32 Å². The minimum Gasteiger partial charge on any atom is -0.394 e. The van der Waals surface area contributed by atoms with E-state index >= 15 is 0 Å². The summed E-state index contributed by atoms with van der Waals surface area (Å²) in [6.45, 7) is 0.687. The van der Waals surface area contributed by atoms with Gasteiger partial charge in [-0.25, -0.2) is 0 Å². The van der Waals surface area contributed by atoms with Crippen LogP contribution in [-0.4, -0.2) is 63.6 Å². The van der Waals surface area contributed by atoms with Crippen LogP contribution in [0, 0.1) is 0 Å². The predicted molar refractivity (Wildman–Crippen MR) is 47.6 cm³/mol. The number of hydrogen-bond acceptors (Lipinski definition) is 6. The van der Waals surface area contributed by atoms with Crippen molar-refractivity contribution in [2.45, 2.75) is 37.6 Å². The molecule has 15 heavy (non-hydrogen) atoms. The van der Waals surface area contributed by atoms with Gasteiger partial charge in [-0.3, -0.25) is 4.79 Å². The van der Waals surface area contributed by atoms with Crippen LogP contribution in [0.5, 0.6) is 0 Å². The zero-order valence-electron chi connectivity index (χ0n) is 8.20. The molecule has 0 bridgehead atoms. The molecule has 5 N–H and O–H groups in total. The highest BCUT2D eigenvalue weighted by atomic mass is 16.6. The molecule has 1 aliphatic rings. The van der Waals surface area contributed by atoms with Gasteiger partial charge in [0.05, 0.1) is 6.61 Å². The van der Waals surface area contributed by atoms with Crippen LogP contribution in [-0.2, 0) is 9.53 Å². The van der Waals surface area contributed by atoms with E-state index < -0.39 is 43.2 Å². The Bertz CT molecular complexity index is 235. The van der Waals surface area contributed by atoms with Gasteiger partial charge >= 0.3 is 0 Å². The first-order chi connectivity index (χ1) is 6.97. The number of nitrogens with one attached hydrogen (secondary N) is 1. The number of rotatable bonds is 2. The molecule has 0 radical (unpaired) electrons. The maximum absolute atomic E-state index is 10.7. The number of aliphatic hydroxyl groups excluding tert-OH is 4. The monoisotopic (exact) mass is 221 g/mol. The third-order valence-corrected chi connectivity index (χ3v) is 2.27. The van der Waals surface area contributed by atoms with Gasteiger partial charge in [0.1, 0.15) is 24.4 Å². The van der Waals surface area contributed by atoms with E-state index in [0.717, 1.165) is 0 Å². The van der Waals surface area contributed by atoms with Gasteiger partial charge in [-0.05, 0) is 0 Å². The quantitative estimate of drug-likeness (QED) is 0.337. The third kappa shape index (κ3) is 2.64. The van der Waals surface area contributed by atoms with Gasteiger partial charge in [0.25, 0.3) is 0 Å². The van der Waals surface area contributed by atoms with Crippen LogP contribution in [0.3, 0.4) is 0 Å². The summed E-state index contributed by atoms with van der Waals surface area (Å²) in [6, 6.07) is -1.10.